The van der Waals surface area contributed by atoms with Crippen molar-refractivity contribution in [3.05, 3.63) is 58.1 Å². The van der Waals surface area contributed by atoms with Crippen molar-refractivity contribution in [2.45, 2.75) is 25.8 Å². The monoisotopic (exact) mass is 309 g/mol. The Morgan fingerprint density at radius 3 is 2.60 bits per heavy atom. The van der Waals surface area contributed by atoms with Gasteiger partial charge in [-0.15, -0.1) is 0 Å². The third-order valence-electron chi connectivity index (χ3n) is 3.06. The molecule has 0 aliphatic rings. The number of halogens is 2. The number of hydrogen-bond donors (Lipinski definition) is 1. The quantitative estimate of drug-likeness (QED) is 0.874. The molecule has 1 heterocycles. The van der Waals surface area contributed by atoms with Gasteiger partial charge >= 0.3 is 0 Å². The zero-order chi connectivity index (χ0) is 14.4. The number of nitrogens with one attached hydrogen (secondary N) is 1. The fraction of sp³-hybridized carbons (Fsp3) is 0.333. The minimum absolute atomic E-state index is 0.148. The lowest BCUT2D eigenvalue weighted by molar-refractivity contribution is 0.526. The average Bonchev–Trinajstić information content (AvgIpc) is 2.46. The number of aromatic nitrogens is 2. The molecule has 0 saturated heterocycles. The van der Waals surface area contributed by atoms with Crippen molar-refractivity contribution in [2.75, 3.05) is 6.54 Å². The molecule has 0 spiro atoms. The standard InChI is InChI=1S/C15H17Cl2N3/c1-2-5-20-15(12-8-18-10-19-9-12)6-11-3-4-13(16)7-14(11)17/h3-4,7-10,15,20H,2,5-6H2,1H3. The lowest BCUT2D eigenvalue weighted by Crippen LogP contribution is -2.24. The maximum atomic E-state index is 6.25. The minimum atomic E-state index is 0.148. The summed E-state index contributed by atoms with van der Waals surface area (Å²) in [5.41, 5.74) is 2.13. The summed E-state index contributed by atoms with van der Waals surface area (Å²) in [7, 11) is 0. The largest absolute Gasteiger partial charge is 0.310 e. The van der Waals surface area contributed by atoms with E-state index in [4.69, 9.17) is 23.2 Å². The molecular weight excluding hydrogens is 293 g/mol. The second-order valence-electron chi connectivity index (χ2n) is 4.62. The van der Waals surface area contributed by atoms with E-state index in [2.05, 4.69) is 22.2 Å². The van der Waals surface area contributed by atoms with Gasteiger partial charge in [0.1, 0.15) is 6.33 Å². The summed E-state index contributed by atoms with van der Waals surface area (Å²) in [5.74, 6) is 0. The van der Waals surface area contributed by atoms with E-state index in [-0.39, 0.29) is 6.04 Å². The van der Waals surface area contributed by atoms with Crippen LogP contribution < -0.4 is 5.32 Å². The summed E-state index contributed by atoms with van der Waals surface area (Å²) in [6, 6.07) is 5.75. The zero-order valence-corrected chi connectivity index (χ0v) is 12.8. The smallest absolute Gasteiger partial charge is 0.115 e. The normalized spacial score (nSPS) is 12.3. The molecule has 0 saturated carbocycles. The maximum absolute atomic E-state index is 6.25. The van der Waals surface area contributed by atoms with Crippen molar-refractivity contribution in [2.24, 2.45) is 0 Å². The van der Waals surface area contributed by atoms with Crippen LogP contribution >= 0.6 is 23.2 Å². The Morgan fingerprint density at radius 1 is 1.20 bits per heavy atom. The van der Waals surface area contributed by atoms with E-state index >= 15 is 0 Å². The molecule has 3 nitrogen and oxygen atoms in total. The second-order valence-corrected chi connectivity index (χ2v) is 5.46. The van der Waals surface area contributed by atoms with Gasteiger partial charge in [-0.25, -0.2) is 9.97 Å². The van der Waals surface area contributed by atoms with E-state index in [0.717, 1.165) is 30.5 Å². The van der Waals surface area contributed by atoms with Crippen molar-refractivity contribution in [1.29, 1.82) is 0 Å². The molecule has 5 heteroatoms. The first-order chi connectivity index (χ1) is 9.70. The van der Waals surface area contributed by atoms with Crippen LogP contribution in [-0.4, -0.2) is 16.5 Å². The van der Waals surface area contributed by atoms with Crippen LogP contribution in [-0.2, 0) is 6.42 Å². The highest BCUT2D eigenvalue weighted by atomic mass is 35.5. The number of benzene rings is 1. The molecule has 0 radical (unpaired) electrons. The molecule has 1 aromatic heterocycles. The molecule has 0 aliphatic carbocycles. The Labute approximate surface area is 129 Å². The van der Waals surface area contributed by atoms with Gasteiger partial charge in [-0.2, -0.15) is 0 Å². The summed E-state index contributed by atoms with van der Waals surface area (Å²) < 4.78 is 0. The van der Waals surface area contributed by atoms with Crippen LogP contribution in [0.3, 0.4) is 0 Å². The molecule has 106 valence electrons. The second kappa shape index (κ2) is 7.58. The predicted octanol–water partition coefficient (Wildman–Crippen LogP) is 4.07. The summed E-state index contributed by atoms with van der Waals surface area (Å²) in [6.07, 6.45) is 7.06. The zero-order valence-electron chi connectivity index (χ0n) is 11.3. The van der Waals surface area contributed by atoms with E-state index in [9.17, 15) is 0 Å². The Hall–Kier alpha value is -1.16. The Kier molecular flexibility index (Phi) is 5.77. The maximum Gasteiger partial charge on any atom is 0.115 e. The van der Waals surface area contributed by atoms with Crippen molar-refractivity contribution in [3.63, 3.8) is 0 Å². The summed E-state index contributed by atoms with van der Waals surface area (Å²) in [6.45, 7) is 3.07. The molecule has 20 heavy (non-hydrogen) atoms. The lowest BCUT2D eigenvalue weighted by atomic mass is 10.0. The van der Waals surface area contributed by atoms with Gasteiger partial charge in [0.15, 0.2) is 0 Å². The molecule has 1 N–H and O–H groups in total. The van der Waals surface area contributed by atoms with Crippen LogP contribution in [0, 0.1) is 0 Å². The van der Waals surface area contributed by atoms with Crippen LogP contribution in [0.4, 0.5) is 0 Å². The van der Waals surface area contributed by atoms with Crippen LogP contribution in [0.2, 0.25) is 10.0 Å². The van der Waals surface area contributed by atoms with Gasteiger partial charge in [0.2, 0.25) is 0 Å². The van der Waals surface area contributed by atoms with Gasteiger partial charge in [0, 0.05) is 34.0 Å². The Bertz CT molecular complexity index is 546. The summed E-state index contributed by atoms with van der Waals surface area (Å²) in [5, 5.41) is 4.85. The molecule has 1 atom stereocenters. The Morgan fingerprint density at radius 2 is 1.95 bits per heavy atom. The van der Waals surface area contributed by atoms with E-state index in [1.54, 1.807) is 6.07 Å². The SMILES string of the molecule is CCCNC(Cc1ccc(Cl)cc1Cl)c1cncnc1. The number of hydrogen-bond acceptors (Lipinski definition) is 3. The number of nitrogens with zero attached hydrogens (tertiary/aromatic N) is 2. The first-order valence-electron chi connectivity index (χ1n) is 6.63. The first-order valence-corrected chi connectivity index (χ1v) is 7.38. The van der Waals surface area contributed by atoms with Crippen LogP contribution in [0.25, 0.3) is 0 Å². The minimum Gasteiger partial charge on any atom is -0.310 e. The van der Waals surface area contributed by atoms with Crippen molar-refractivity contribution in [1.82, 2.24) is 15.3 Å². The van der Waals surface area contributed by atoms with E-state index in [1.165, 1.54) is 6.33 Å². The molecule has 0 fully saturated rings. The van der Waals surface area contributed by atoms with Crippen LogP contribution in [0.5, 0.6) is 0 Å². The van der Waals surface area contributed by atoms with Gasteiger partial charge in [-0.1, -0.05) is 36.2 Å². The third kappa shape index (κ3) is 4.17. The van der Waals surface area contributed by atoms with Gasteiger partial charge < -0.3 is 5.32 Å². The fourth-order valence-corrected chi connectivity index (χ4v) is 2.51. The van der Waals surface area contributed by atoms with E-state index in [0.29, 0.717) is 10.0 Å². The topological polar surface area (TPSA) is 37.8 Å². The van der Waals surface area contributed by atoms with E-state index < -0.39 is 0 Å². The van der Waals surface area contributed by atoms with Gasteiger partial charge in [0.05, 0.1) is 0 Å². The molecule has 1 aromatic carbocycles. The highest BCUT2D eigenvalue weighted by Crippen LogP contribution is 2.25. The molecule has 1 unspecified atom stereocenters. The Balaban J connectivity index is 2.19. The molecular formula is C15H17Cl2N3. The van der Waals surface area contributed by atoms with E-state index in [1.807, 2.05) is 24.5 Å². The third-order valence-corrected chi connectivity index (χ3v) is 3.65. The van der Waals surface area contributed by atoms with Gasteiger partial charge in [-0.3, -0.25) is 0 Å². The summed E-state index contributed by atoms with van der Waals surface area (Å²) >= 11 is 12.2. The highest BCUT2D eigenvalue weighted by molar-refractivity contribution is 6.35. The fourth-order valence-electron chi connectivity index (χ4n) is 2.02. The van der Waals surface area contributed by atoms with Gasteiger partial charge in [-0.05, 0) is 37.1 Å². The van der Waals surface area contributed by atoms with Crippen molar-refractivity contribution >= 4 is 23.2 Å². The lowest BCUT2D eigenvalue weighted by Gasteiger charge is -2.19. The van der Waals surface area contributed by atoms with Crippen molar-refractivity contribution < 1.29 is 0 Å². The van der Waals surface area contributed by atoms with Crippen LogP contribution in [0.15, 0.2) is 36.9 Å². The van der Waals surface area contributed by atoms with Crippen molar-refractivity contribution in [3.8, 4) is 0 Å². The summed E-state index contributed by atoms with van der Waals surface area (Å²) in [4.78, 5) is 8.17. The highest BCUT2D eigenvalue weighted by Gasteiger charge is 2.14. The van der Waals surface area contributed by atoms with Crippen LogP contribution in [0.1, 0.15) is 30.5 Å². The predicted molar refractivity (Wildman–Crippen MR) is 83.2 cm³/mol. The average molecular weight is 310 g/mol. The first kappa shape index (κ1) is 15.2. The molecule has 2 rings (SSSR count). The molecule has 2 aromatic rings. The molecule has 0 amide bonds. The number of rotatable bonds is 6. The molecule has 0 bridgehead atoms. The molecule has 0 aliphatic heterocycles. The van der Waals surface area contributed by atoms with Gasteiger partial charge in [0.25, 0.3) is 0 Å².